The van der Waals surface area contributed by atoms with Gasteiger partial charge < -0.3 is 0 Å². The van der Waals surface area contributed by atoms with Crippen LogP contribution >= 0.6 is 0 Å². The molecule has 190 valence electrons. The minimum atomic E-state index is -2.96. The maximum Gasteiger partial charge on any atom is -0.0398 e. The van der Waals surface area contributed by atoms with E-state index in [1.54, 1.807) is 10.7 Å². The van der Waals surface area contributed by atoms with E-state index in [9.17, 15) is 0 Å². The number of hydrogen-bond donors (Lipinski definition) is 0. The van der Waals surface area contributed by atoms with Gasteiger partial charge in [0.1, 0.15) is 0 Å². The third-order valence-corrected chi connectivity index (χ3v) is 32.7. The van der Waals surface area contributed by atoms with Gasteiger partial charge >= 0.3 is 189 Å². The van der Waals surface area contributed by atoms with Gasteiger partial charge in [-0.3, -0.25) is 0 Å². The van der Waals surface area contributed by atoms with Crippen LogP contribution in [0.15, 0.2) is 121 Å². The fraction of sp³-hybridized carbons (Fsp3) is 0.294. The Labute approximate surface area is 229 Å². The molecule has 0 aromatic heterocycles. The van der Waals surface area contributed by atoms with Gasteiger partial charge in [0, 0.05) is 0 Å². The van der Waals surface area contributed by atoms with Crippen LogP contribution in [0.3, 0.4) is 0 Å². The van der Waals surface area contributed by atoms with Crippen molar-refractivity contribution >= 4 is 47.5 Å². The third-order valence-electron chi connectivity index (χ3n) is 7.23. The second kappa shape index (κ2) is 15.0. The average molecular weight is 692 g/mol. The molecule has 0 spiro atoms. The summed E-state index contributed by atoms with van der Waals surface area (Å²) in [7, 11) is 0. The zero-order chi connectivity index (χ0) is 26.6. The van der Waals surface area contributed by atoms with Crippen LogP contribution in [0.1, 0.15) is 33.3 Å². The number of hydrogen-bond acceptors (Lipinski definition) is 0. The Balaban J connectivity index is 0.000000267. The maximum atomic E-state index is 2.47. The van der Waals surface area contributed by atoms with Gasteiger partial charge in [0.25, 0.3) is 0 Å². The summed E-state index contributed by atoms with van der Waals surface area (Å²) in [5.41, 5.74) is 1.32. The van der Waals surface area contributed by atoms with E-state index < -0.39 is 36.8 Å². The molecule has 0 aliphatic rings. The standard InChI is InChI=1S/C7H8.3C6H5.2C3H7.3CH3.2Sn/c1-7-5-3-2-4-6-7;3*1-2-4-6-5-3-1;2*1-3-2;;;;;/h2-6H,1H3;3*1-5H;2*3H,1-2H3;3*1H3;;. The topological polar surface area (TPSA) is 0 Å². The maximum absolute atomic E-state index is 2.96. The minimum absolute atomic E-state index is 0.654. The van der Waals surface area contributed by atoms with Crippen LogP contribution in [0.25, 0.3) is 0 Å². The predicted octanol–water partition coefficient (Wildman–Crippen LogP) is 8.30. The smallest absolute Gasteiger partial charge is 0.0398 e. The Bertz CT molecular complexity index is 1000. The molecule has 0 unspecified atom stereocenters. The molecule has 0 atom stereocenters. The van der Waals surface area contributed by atoms with Crippen molar-refractivity contribution in [3.8, 4) is 0 Å². The third kappa shape index (κ3) is 8.80. The first kappa shape index (κ1) is 30.7. The molecule has 0 aliphatic carbocycles. The summed E-state index contributed by atoms with van der Waals surface area (Å²) in [6.07, 6.45) is 0. The molecule has 0 radical (unpaired) electrons. The van der Waals surface area contributed by atoms with E-state index in [0.29, 0.717) is 3.93 Å². The van der Waals surface area contributed by atoms with Gasteiger partial charge in [-0.05, 0) is 6.92 Å². The van der Waals surface area contributed by atoms with Gasteiger partial charge in [0.15, 0.2) is 0 Å². The van der Waals surface area contributed by atoms with Crippen LogP contribution in [-0.2, 0) is 0 Å². The first-order valence-corrected chi connectivity index (χ1v) is 29.4. The largest absolute Gasteiger partial charge is 0.0622 e. The quantitative estimate of drug-likeness (QED) is 0.185. The second-order valence-corrected chi connectivity index (χ2v) is 40.9. The summed E-state index contributed by atoms with van der Waals surface area (Å²) in [5, 5.41) is 0. The molecule has 4 aromatic rings. The Morgan fingerprint density at radius 2 is 0.667 bits per heavy atom. The van der Waals surface area contributed by atoms with E-state index in [2.05, 4.69) is 153 Å². The molecule has 0 N–H and O–H groups in total. The van der Waals surface area contributed by atoms with Gasteiger partial charge in [-0.25, -0.2) is 0 Å². The molecule has 4 aromatic carbocycles. The second-order valence-electron chi connectivity index (χ2n) is 11.2. The normalized spacial score (nSPS) is 11.3. The summed E-state index contributed by atoms with van der Waals surface area (Å²) in [4.78, 5) is 7.41. The van der Waals surface area contributed by atoms with Crippen LogP contribution in [0.5, 0.6) is 0 Å². The van der Waals surface area contributed by atoms with E-state index in [1.807, 2.05) is 18.2 Å². The molecule has 4 rings (SSSR count). The van der Waals surface area contributed by atoms with Gasteiger partial charge in [-0.2, -0.15) is 0 Å². The van der Waals surface area contributed by atoms with Gasteiger partial charge in [0.05, 0.1) is 0 Å². The van der Waals surface area contributed by atoms with E-state index in [4.69, 9.17) is 0 Å². The molecule has 0 bridgehead atoms. The average Bonchev–Trinajstić information content (AvgIpc) is 2.87. The van der Waals surface area contributed by atoms with Gasteiger partial charge in [-0.15, -0.1) is 0 Å². The molecule has 0 saturated heterocycles. The van der Waals surface area contributed by atoms with Crippen molar-refractivity contribution in [1.29, 1.82) is 0 Å². The van der Waals surface area contributed by atoms with Crippen molar-refractivity contribution in [2.45, 2.75) is 57.3 Å². The van der Waals surface area contributed by atoms with Crippen molar-refractivity contribution < 1.29 is 0 Å². The Hall–Kier alpha value is -1.52. The molecule has 2 heteroatoms. The van der Waals surface area contributed by atoms with Crippen LogP contribution in [-0.4, -0.2) is 36.8 Å². The summed E-state index contributed by atoms with van der Waals surface area (Å²) in [5.74, 6) is 0. The van der Waals surface area contributed by atoms with Crippen LogP contribution in [0, 0.1) is 6.92 Å². The van der Waals surface area contributed by atoms with Gasteiger partial charge in [-0.1, -0.05) is 35.9 Å². The van der Waals surface area contributed by atoms with Crippen molar-refractivity contribution in [3.63, 3.8) is 0 Å². The Morgan fingerprint density at radius 3 is 0.833 bits per heavy atom. The summed E-state index contributed by atoms with van der Waals surface area (Å²) in [6, 6.07) is 43.8. The Morgan fingerprint density at radius 1 is 0.417 bits per heavy atom. The molecule has 0 amide bonds. The van der Waals surface area contributed by atoms with Crippen molar-refractivity contribution in [2.24, 2.45) is 0 Å². The van der Waals surface area contributed by atoms with E-state index in [0.717, 1.165) is 3.93 Å². The zero-order valence-electron chi connectivity index (χ0n) is 23.7. The molecular formula is C34H46Sn2. The molecule has 36 heavy (non-hydrogen) atoms. The number of aryl methyl sites for hydroxylation is 1. The van der Waals surface area contributed by atoms with Crippen molar-refractivity contribution in [1.82, 2.24) is 0 Å². The zero-order valence-corrected chi connectivity index (χ0v) is 29.4. The van der Waals surface area contributed by atoms with Gasteiger partial charge in [0.2, 0.25) is 0 Å². The summed E-state index contributed by atoms with van der Waals surface area (Å²) < 4.78 is 6.34. The summed E-state index contributed by atoms with van der Waals surface area (Å²) >= 11 is -4.33. The fourth-order valence-corrected chi connectivity index (χ4v) is 18.8. The van der Waals surface area contributed by atoms with E-state index in [-0.39, 0.29) is 0 Å². The summed E-state index contributed by atoms with van der Waals surface area (Å²) in [6.45, 7) is 11.6. The van der Waals surface area contributed by atoms with Crippen LogP contribution in [0.2, 0.25) is 22.7 Å². The molecule has 0 nitrogen and oxygen atoms in total. The monoisotopic (exact) mass is 694 g/mol. The van der Waals surface area contributed by atoms with E-state index in [1.165, 1.54) is 5.56 Å². The predicted molar refractivity (Wildman–Crippen MR) is 169 cm³/mol. The van der Waals surface area contributed by atoms with Crippen molar-refractivity contribution in [3.05, 3.63) is 127 Å². The Kier molecular flexibility index (Phi) is 12.8. The number of benzene rings is 4. The van der Waals surface area contributed by atoms with Crippen molar-refractivity contribution in [2.75, 3.05) is 0 Å². The van der Waals surface area contributed by atoms with Crippen LogP contribution < -0.4 is 10.7 Å². The molecule has 0 fully saturated rings. The van der Waals surface area contributed by atoms with Crippen LogP contribution in [0.4, 0.5) is 0 Å². The fourth-order valence-electron chi connectivity index (χ4n) is 4.14. The van der Waals surface area contributed by atoms with E-state index >= 15 is 0 Å². The molecular weight excluding hydrogens is 646 g/mol. The minimum Gasteiger partial charge on any atom is -0.0622 e. The first-order valence-electron chi connectivity index (χ1n) is 13.3. The molecule has 0 saturated carbocycles. The molecule has 0 aliphatic heterocycles. The SMILES string of the molecule is C[CH](C)[Sn]([CH3])([CH3])[CH3].C[CH](C)[Sn]([c]1ccccc1)([c]1ccccc1)[c]1ccccc1.Cc1ccccc1. The first-order chi connectivity index (χ1) is 17.1. The number of rotatable bonds is 5. The molecule has 0 heterocycles.